The quantitative estimate of drug-likeness (QED) is 0.491. The van der Waals surface area contributed by atoms with Crippen molar-refractivity contribution in [2.75, 3.05) is 33.0 Å². The molecule has 0 aromatic heterocycles. The molecule has 25 heavy (non-hydrogen) atoms. The van der Waals surface area contributed by atoms with E-state index in [1.165, 1.54) is 11.1 Å². The summed E-state index contributed by atoms with van der Waals surface area (Å²) in [5.41, 5.74) is 3.71. The number of hydrogen-bond acceptors (Lipinski definition) is 4. The van der Waals surface area contributed by atoms with Gasteiger partial charge in [-0.1, -0.05) is 42.5 Å². The van der Waals surface area contributed by atoms with Crippen molar-refractivity contribution in [3.8, 4) is 16.9 Å². The molecule has 4 nitrogen and oxygen atoms in total. The molecule has 2 atom stereocenters. The van der Waals surface area contributed by atoms with E-state index < -0.39 is 0 Å². The molecule has 0 radical (unpaired) electrons. The number of epoxide rings is 2. The molecule has 2 aliphatic heterocycles. The van der Waals surface area contributed by atoms with Crippen LogP contribution in [0.2, 0.25) is 0 Å². The lowest BCUT2D eigenvalue weighted by atomic mass is 9.96. The molecule has 0 amide bonds. The van der Waals surface area contributed by atoms with Gasteiger partial charge in [0, 0.05) is 12.2 Å². The molecule has 0 spiro atoms. The average molecular weight is 340 g/mol. The van der Waals surface area contributed by atoms with Gasteiger partial charge in [0.25, 0.3) is 0 Å². The molecule has 132 valence electrons. The summed E-state index contributed by atoms with van der Waals surface area (Å²) < 4.78 is 22.0. The van der Waals surface area contributed by atoms with Crippen molar-refractivity contribution in [1.29, 1.82) is 0 Å². The Bertz CT molecular complexity index is 692. The fraction of sp³-hybridized carbons (Fsp3) is 0.429. The van der Waals surface area contributed by atoms with E-state index in [4.69, 9.17) is 18.9 Å². The summed E-state index contributed by atoms with van der Waals surface area (Å²) >= 11 is 0. The van der Waals surface area contributed by atoms with Crippen LogP contribution in [-0.2, 0) is 20.6 Å². The van der Waals surface area contributed by atoms with Gasteiger partial charge in [-0.25, -0.2) is 0 Å². The van der Waals surface area contributed by atoms with Gasteiger partial charge in [0.15, 0.2) is 0 Å². The largest absolute Gasteiger partial charge is 0.490 e. The zero-order chi connectivity index (χ0) is 16.9. The maximum atomic E-state index is 5.98. The molecule has 4 rings (SSSR count). The van der Waals surface area contributed by atoms with Gasteiger partial charge >= 0.3 is 0 Å². The van der Waals surface area contributed by atoms with Gasteiger partial charge in [0.2, 0.25) is 0 Å². The van der Waals surface area contributed by atoms with Gasteiger partial charge in [0.05, 0.1) is 19.8 Å². The first-order valence-electron chi connectivity index (χ1n) is 9.01. The van der Waals surface area contributed by atoms with Gasteiger partial charge in [0.1, 0.15) is 24.6 Å². The lowest BCUT2D eigenvalue weighted by Crippen LogP contribution is -2.06. The maximum Gasteiger partial charge on any atom is 0.127 e. The molecule has 2 fully saturated rings. The van der Waals surface area contributed by atoms with Gasteiger partial charge in [-0.05, 0) is 30.0 Å². The van der Waals surface area contributed by atoms with Crippen molar-refractivity contribution >= 4 is 0 Å². The fourth-order valence-electron chi connectivity index (χ4n) is 2.91. The molecule has 0 bridgehead atoms. The van der Waals surface area contributed by atoms with E-state index >= 15 is 0 Å². The summed E-state index contributed by atoms with van der Waals surface area (Å²) in [6.07, 6.45) is 2.59. The normalized spacial score (nSPS) is 21.1. The van der Waals surface area contributed by atoms with Crippen LogP contribution in [0.25, 0.3) is 11.1 Å². The molecule has 0 N–H and O–H groups in total. The van der Waals surface area contributed by atoms with Crippen LogP contribution in [0.4, 0.5) is 0 Å². The van der Waals surface area contributed by atoms with Gasteiger partial charge in [-0.3, -0.25) is 0 Å². The van der Waals surface area contributed by atoms with Crippen molar-refractivity contribution in [3.05, 3.63) is 54.1 Å². The van der Waals surface area contributed by atoms with Gasteiger partial charge in [-0.2, -0.15) is 0 Å². The van der Waals surface area contributed by atoms with Crippen molar-refractivity contribution in [1.82, 2.24) is 0 Å². The summed E-state index contributed by atoms with van der Waals surface area (Å²) in [7, 11) is 0. The molecule has 4 heteroatoms. The number of hydrogen-bond donors (Lipinski definition) is 0. The van der Waals surface area contributed by atoms with Crippen LogP contribution in [0.1, 0.15) is 12.0 Å². The molecule has 0 aliphatic carbocycles. The van der Waals surface area contributed by atoms with Crippen LogP contribution in [0, 0.1) is 0 Å². The van der Waals surface area contributed by atoms with E-state index in [1.54, 1.807) is 0 Å². The first kappa shape index (κ1) is 16.6. The number of benzene rings is 2. The number of ether oxygens (including phenoxy) is 4. The van der Waals surface area contributed by atoms with E-state index in [2.05, 4.69) is 36.4 Å². The summed E-state index contributed by atoms with van der Waals surface area (Å²) in [4.78, 5) is 0. The first-order valence-corrected chi connectivity index (χ1v) is 9.01. The van der Waals surface area contributed by atoms with Crippen LogP contribution >= 0.6 is 0 Å². The van der Waals surface area contributed by atoms with Gasteiger partial charge < -0.3 is 18.9 Å². The zero-order valence-corrected chi connectivity index (χ0v) is 14.4. The van der Waals surface area contributed by atoms with Crippen LogP contribution in [-0.4, -0.2) is 45.2 Å². The van der Waals surface area contributed by atoms with Crippen molar-refractivity contribution in [2.24, 2.45) is 0 Å². The first-order chi connectivity index (χ1) is 12.4. The van der Waals surface area contributed by atoms with Crippen LogP contribution in [0.5, 0.6) is 5.75 Å². The maximum absolute atomic E-state index is 5.98. The van der Waals surface area contributed by atoms with Gasteiger partial charge in [-0.15, -0.1) is 0 Å². The third kappa shape index (κ3) is 4.82. The minimum atomic E-state index is 0.260. The second-order valence-corrected chi connectivity index (χ2v) is 6.55. The molecular formula is C21H24O4. The third-order valence-electron chi connectivity index (χ3n) is 4.46. The standard InChI is InChI=1S/C21H24O4/c1-2-8-19(16(6-1)7-5-11-22-12-17-13-23-17)20-9-3-4-10-21(20)25-15-18-14-24-18/h1-4,6,8-10,17-18H,5,7,11-15H2. The number of rotatable bonds is 10. The summed E-state index contributed by atoms with van der Waals surface area (Å²) in [6.45, 7) is 3.78. The summed E-state index contributed by atoms with van der Waals surface area (Å²) in [5, 5.41) is 0. The highest BCUT2D eigenvalue weighted by atomic mass is 16.6. The minimum absolute atomic E-state index is 0.260. The molecule has 0 saturated carbocycles. The Kier molecular flexibility index (Phi) is 5.31. The molecule has 2 aliphatic rings. The molecule has 2 saturated heterocycles. The predicted molar refractivity (Wildman–Crippen MR) is 96.0 cm³/mol. The zero-order valence-electron chi connectivity index (χ0n) is 14.4. The molecule has 2 heterocycles. The molecule has 2 aromatic rings. The highest BCUT2D eigenvalue weighted by Gasteiger charge is 2.24. The summed E-state index contributed by atoms with van der Waals surface area (Å²) in [6, 6.07) is 16.8. The summed E-state index contributed by atoms with van der Waals surface area (Å²) in [5.74, 6) is 0.924. The Balaban J connectivity index is 1.42. The van der Waals surface area contributed by atoms with Crippen LogP contribution in [0.3, 0.4) is 0 Å². The van der Waals surface area contributed by atoms with E-state index in [0.717, 1.165) is 50.6 Å². The Morgan fingerprint density at radius 1 is 0.840 bits per heavy atom. The predicted octanol–water partition coefficient (Wildman–Crippen LogP) is 3.48. The Labute approximate surface area is 148 Å². The van der Waals surface area contributed by atoms with E-state index in [9.17, 15) is 0 Å². The third-order valence-corrected chi connectivity index (χ3v) is 4.46. The second-order valence-electron chi connectivity index (χ2n) is 6.55. The smallest absolute Gasteiger partial charge is 0.127 e. The van der Waals surface area contributed by atoms with Crippen molar-refractivity contribution in [2.45, 2.75) is 25.0 Å². The SMILES string of the molecule is c1ccc(-c2ccccc2OCC2CO2)c(CCCOCC2CO2)c1. The molecule has 2 aromatic carbocycles. The van der Waals surface area contributed by atoms with Crippen LogP contribution < -0.4 is 4.74 Å². The minimum Gasteiger partial charge on any atom is -0.490 e. The Morgan fingerprint density at radius 2 is 1.52 bits per heavy atom. The fourth-order valence-corrected chi connectivity index (χ4v) is 2.91. The van der Waals surface area contributed by atoms with E-state index in [-0.39, 0.29) is 6.10 Å². The topological polar surface area (TPSA) is 43.5 Å². The van der Waals surface area contributed by atoms with Crippen molar-refractivity contribution < 1.29 is 18.9 Å². The van der Waals surface area contributed by atoms with E-state index in [1.807, 2.05) is 12.1 Å². The highest BCUT2D eigenvalue weighted by Crippen LogP contribution is 2.33. The average Bonchev–Trinajstić information content (AvgIpc) is 3.55. The Hall–Kier alpha value is -1.88. The number of para-hydroxylation sites is 1. The lowest BCUT2D eigenvalue weighted by molar-refractivity contribution is 0.114. The number of aryl methyl sites for hydroxylation is 1. The highest BCUT2D eigenvalue weighted by molar-refractivity contribution is 5.73. The Morgan fingerprint density at radius 3 is 2.32 bits per heavy atom. The monoisotopic (exact) mass is 340 g/mol. The second kappa shape index (κ2) is 8.00. The van der Waals surface area contributed by atoms with E-state index in [0.29, 0.717) is 12.7 Å². The molecule has 2 unspecified atom stereocenters. The lowest BCUT2D eigenvalue weighted by Gasteiger charge is -2.14. The van der Waals surface area contributed by atoms with Crippen molar-refractivity contribution in [3.63, 3.8) is 0 Å². The molecular weight excluding hydrogens is 316 g/mol. The van der Waals surface area contributed by atoms with Crippen LogP contribution in [0.15, 0.2) is 48.5 Å².